The second-order valence-electron chi connectivity index (χ2n) is 7.96. The fourth-order valence-corrected chi connectivity index (χ4v) is 4.83. The number of rotatable bonds is 8. The number of thiophene rings is 1. The normalized spacial score (nSPS) is 12.0. The number of alkyl halides is 2. The zero-order chi connectivity index (χ0) is 25.1. The van der Waals surface area contributed by atoms with Gasteiger partial charge in [-0.05, 0) is 69.2 Å². The molecule has 0 saturated carbocycles. The van der Waals surface area contributed by atoms with E-state index in [0.717, 1.165) is 33.0 Å². The monoisotopic (exact) mass is 498 g/mol. The van der Waals surface area contributed by atoms with Crippen molar-refractivity contribution < 1.29 is 22.7 Å². The van der Waals surface area contributed by atoms with Crippen LogP contribution in [0.3, 0.4) is 0 Å². The molecule has 1 aromatic carbocycles. The van der Waals surface area contributed by atoms with Crippen molar-refractivity contribution in [2.24, 2.45) is 0 Å². The molecular weight excluding hydrogens is 474 g/mol. The first kappa shape index (κ1) is 24.3. The van der Waals surface area contributed by atoms with Crippen LogP contribution in [0.2, 0.25) is 0 Å². The number of nitrogens with zero attached hydrogens (tertiary/aromatic N) is 2. The van der Waals surface area contributed by atoms with Gasteiger partial charge in [-0.2, -0.15) is 8.78 Å². The maximum atomic E-state index is 12.8. The average Bonchev–Trinajstić information content (AvgIpc) is 3.41. The standard InChI is InChI=1S/C25H24F2N4O3S/c1-13-12-14(2)29-25(28-13)30-21(17-7-9-18(10-8-17)34-24(26)27)20-15(3)16(4)35-23(20)31-22(32)19-6-5-11-33-19/h5-12,21,24H,1-4H3,(H,31,32)(H,28,29,30). The molecule has 10 heteroatoms. The van der Waals surface area contributed by atoms with E-state index in [2.05, 4.69) is 25.3 Å². The molecule has 4 rings (SSSR count). The van der Waals surface area contributed by atoms with Gasteiger partial charge in [0.25, 0.3) is 5.91 Å². The third kappa shape index (κ3) is 5.65. The molecule has 0 fully saturated rings. The number of aromatic nitrogens is 2. The third-order valence-electron chi connectivity index (χ3n) is 5.39. The van der Waals surface area contributed by atoms with Crippen molar-refractivity contribution >= 4 is 28.2 Å². The van der Waals surface area contributed by atoms with Crippen LogP contribution < -0.4 is 15.4 Å². The van der Waals surface area contributed by atoms with Gasteiger partial charge in [0.1, 0.15) is 10.8 Å². The lowest BCUT2D eigenvalue weighted by Gasteiger charge is -2.22. The predicted molar refractivity (Wildman–Crippen MR) is 130 cm³/mol. The molecule has 35 heavy (non-hydrogen) atoms. The van der Waals surface area contributed by atoms with Crippen LogP contribution in [-0.4, -0.2) is 22.5 Å². The second kappa shape index (κ2) is 10.2. The van der Waals surface area contributed by atoms with Crippen LogP contribution >= 0.6 is 11.3 Å². The molecule has 1 amide bonds. The lowest BCUT2D eigenvalue weighted by Crippen LogP contribution is -2.18. The highest BCUT2D eigenvalue weighted by molar-refractivity contribution is 7.16. The van der Waals surface area contributed by atoms with E-state index in [1.165, 1.54) is 29.7 Å². The van der Waals surface area contributed by atoms with Gasteiger partial charge >= 0.3 is 6.61 Å². The van der Waals surface area contributed by atoms with E-state index in [1.807, 2.05) is 33.8 Å². The highest BCUT2D eigenvalue weighted by Crippen LogP contribution is 2.41. The number of benzene rings is 1. The number of carbonyl (C=O) groups is 1. The number of anilines is 2. The fourth-order valence-electron chi connectivity index (χ4n) is 3.74. The minimum atomic E-state index is -2.91. The van der Waals surface area contributed by atoms with Crippen LogP contribution in [0.1, 0.15) is 49.6 Å². The highest BCUT2D eigenvalue weighted by atomic mass is 32.1. The fraction of sp³-hybridized carbons (Fsp3) is 0.240. The number of carbonyl (C=O) groups excluding carboxylic acids is 1. The van der Waals surface area contributed by atoms with Crippen molar-refractivity contribution in [2.75, 3.05) is 10.6 Å². The molecule has 3 aromatic heterocycles. The molecule has 1 atom stereocenters. The van der Waals surface area contributed by atoms with E-state index >= 15 is 0 Å². The van der Waals surface area contributed by atoms with E-state index < -0.39 is 12.7 Å². The van der Waals surface area contributed by atoms with E-state index in [-0.39, 0.29) is 17.4 Å². The quantitative estimate of drug-likeness (QED) is 0.291. The Morgan fingerprint density at radius 3 is 2.34 bits per heavy atom. The average molecular weight is 499 g/mol. The minimum absolute atomic E-state index is 0.0507. The Hall–Kier alpha value is -3.79. The predicted octanol–water partition coefficient (Wildman–Crippen LogP) is 6.42. The van der Waals surface area contributed by atoms with E-state index in [9.17, 15) is 13.6 Å². The largest absolute Gasteiger partial charge is 0.459 e. The Labute approximate surface area is 205 Å². The SMILES string of the molecule is Cc1cc(C)nc(NC(c2ccc(OC(F)F)cc2)c2c(NC(=O)c3ccco3)sc(C)c2C)n1. The van der Waals surface area contributed by atoms with Crippen LogP contribution in [0.25, 0.3) is 0 Å². The van der Waals surface area contributed by atoms with Gasteiger partial charge in [-0.25, -0.2) is 9.97 Å². The summed E-state index contributed by atoms with van der Waals surface area (Å²) in [6, 6.07) is 11.0. The molecule has 0 aliphatic heterocycles. The van der Waals surface area contributed by atoms with E-state index in [1.54, 1.807) is 24.3 Å². The maximum Gasteiger partial charge on any atom is 0.387 e. The summed E-state index contributed by atoms with van der Waals surface area (Å²) >= 11 is 1.44. The van der Waals surface area contributed by atoms with Gasteiger partial charge in [0, 0.05) is 21.8 Å². The number of furan rings is 1. The maximum absolute atomic E-state index is 12.8. The molecule has 0 aliphatic rings. The van der Waals surface area contributed by atoms with Crippen molar-refractivity contribution in [3.63, 3.8) is 0 Å². The van der Waals surface area contributed by atoms with Crippen molar-refractivity contribution in [1.29, 1.82) is 0 Å². The molecule has 0 aliphatic carbocycles. The number of hydrogen-bond acceptors (Lipinski definition) is 7. The minimum Gasteiger partial charge on any atom is -0.459 e. The molecule has 4 aromatic rings. The molecule has 0 bridgehead atoms. The molecule has 0 radical (unpaired) electrons. The zero-order valence-corrected chi connectivity index (χ0v) is 20.4. The molecule has 7 nitrogen and oxygen atoms in total. The Morgan fingerprint density at radius 2 is 1.74 bits per heavy atom. The Morgan fingerprint density at radius 1 is 1.06 bits per heavy atom. The van der Waals surface area contributed by atoms with Crippen LogP contribution in [0.4, 0.5) is 19.7 Å². The topological polar surface area (TPSA) is 89.3 Å². The second-order valence-corrected chi connectivity index (χ2v) is 9.18. The molecule has 2 N–H and O–H groups in total. The summed E-state index contributed by atoms with van der Waals surface area (Å²) < 4.78 is 35.1. The Kier molecular flexibility index (Phi) is 7.11. The number of aryl methyl sites for hydroxylation is 3. The van der Waals surface area contributed by atoms with Gasteiger partial charge in [0.2, 0.25) is 5.95 Å². The summed E-state index contributed by atoms with van der Waals surface area (Å²) in [7, 11) is 0. The number of ether oxygens (including phenoxy) is 1. The summed E-state index contributed by atoms with van der Waals surface area (Å²) in [5.41, 5.74) is 4.13. The van der Waals surface area contributed by atoms with Crippen LogP contribution in [0, 0.1) is 27.7 Å². The molecule has 0 spiro atoms. The van der Waals surface area contributed by atoms with Crippen molar-refractivity contribution in [2.45, 2.75) is 40.3 Å². The summed E-state index contributed by atoms with van der Waals surface area (Å²) in [4.78, 5) is 22.8. The molecular formula is C25H24F2N4O3S. The van der Waals surface area contributed by atoms with Gasteiger partial charge in [-0.1, -0.05) is 12.1 Å². The van der Waals surface area contributed by atoms with Crippen molar-refractivity contribution in [3.05, 3.63) is 87.4 Å². The summed E-state index contributed by atoms with van der Waals surface area (Å²) in [6.07, 6.45) is 1.44. The smallest absolute Gasteiger partial charge is 0.387 e. The summed E-state index contributed by atoms with van der Waals surface area (Å²) in [5.74, 6) is 0.275. The lowest BCUT2D eigenvalue weighted by molar-refractivity contribution is -0.0498. The third-order valence-corrected chi connectivity index (χ3v) is 6.53. The van der Waals surface area contributed by atoms with Crippen molar-refractivity contribution in [1.82, 2.24) is 9.97 Å². The number of amides is 1. The summed E-state index contributed by atoms with van der Waals surface area (Å²) in [5, 5.41) is 6.96. The summed E-state index contributed by atoms with van der Waals surface area (Å²) in [6.45, 7) is 4.77. The molecule has 182 valence electrons. The van der Waals surface area contributed by atoms with Crippen LogP contribution in [-0.2, 0) is 0 Å². The van der Waals surface area contributed by atoms with Crippen LogP contribution in [0.5, 0.6) is 5.75 Å². The Balaban J connectivity index is 1.78. The van der Waals surface area contributed by atoms with Crippen molar-refractivity contribution in [3.8, 4) is 5.75 Å². The number of nitrogens with one attached hydrogen (secondary N) is 2. The first-order valence-electron chi connectivity index (χ1n) is 10.8. The van der Waals surface area contributed by atoms with Crippen LogP contribution in [0.15, 0.2) is 53.1 Å². The van der Waals surface area contributed by atoms with E-state index in [4.69, 9.17) is 4.42 Å². The number of hydrogen-bond donors (Lipinski definition) is 2. The first-order valence-corrected chi connectivity index (χ1v) is 11.6. The molecule has 3 heterocycles. The number of halogens is 2. The Bertz CT molecular complexity index is 1300. The van der Waals surface area contributed by atoms with Gasteiger partial charge < -0.3 is 19.8 Å². The first-order chi connectivity index (χ1) is 16.7. The van der Waals surface area contributed by atoms with Gasteiger partial charge in [0.15, 0.2) is 5.76 Å². The van der Waals surface area contributed by atoms with Gasteiger partial charge in [-0.3, -0.25) is 4.79 Å². The van der Waals surface area contributed by atoms with Gasteiger partial charge in [0.05, 0.1) is 12.3 Å². The highest BCUT2D eigenvalue weighted by Gasteiger charge is 2.26. The zero-order valence-electron chi connectivity index (χ0n) is 19.6. The molecule has 0 saturated heterocycles. The lowest BCUT2D eigenvalue weighted by atomic mass is 9.96. The van der Waals surface area contributed by atoms with E-state index in [0.29, 0.717) is 10.9 Å². The van der Waals surface area contributed by atoms with Gasteiger partial charge in [-0.15, -0.1) is 11.3 Å². The molecule has 1 unspecified atom stereocenters.